The molecule has 0 aromatic heterocycles. The number of rotatable bonds is 2. The van der Waals surface area contributed by atoms with E-state index < -0.39 is 12.1 Å². The monoisotopic (exact) mass is 251 g/mol. The average Bonchev–Trinajstić information content (AvgIpc) is 2.70. The summed E-state index contributed by atoms with van der Waals surface area (Å²) in [7, 11) is 0. The second-order valence-corrected chi connectivity index (χ2v) is 3.30. The predicted molar refractivity (Wildman–Crippen MR) is 50.4 cm³/mol. The third-order valence-corrected chi connectivity index (χ3v) is 2.38. The molecule has 1 fully saturated rings. The molecule has 1 aliphatic heterocycles. The molecular weight excluding hydrogens is 238 g/mol. The van der Waals surface area contributed by atoms with Crippen LogP contribution in [0.25, 0.3) is 0 Å². The van der Waals surface area contributed by atoms with Crippen LogP contribution in [0, 0.1) is 19.8 Å². The number of carbonyl (C=O) groups excluding carboxylic acids is 2. The molecule has 0 spiro atoms. The molecule has 84 valence electrons. The summed E-state index contributed by atoms with van der Waals surface area (Å²) in [5, 5.41) is 6.38. The molecule has 2 rings (SSSR count). The van der Waals surface area contributed by atoms with Gasteiger partial charge in [0.15, 0.2) is 0 Å². The standard InChI is InChI=1S/C8H10N3O2.CH3.Fe/c12-7-9-10-8(13)11(7)5-6-3-1-2-4-6;;/h3,6H,1-2,4-5H2;1H3;/q2*-1;+2. The SMILES string of the molecule is O=C1N=NC(=O)N1CC1[CH-]CCC1.[CH3-].[Fe+2]. The van der Waals surface area contributed by atoms with Gasteiger partial charge in [-0.2, -0.15) is 6.42 Å². The fraction of sp³-hybridized carbons (Fsp3) is 0.556. The van der Waals surface area contributed by atoms with Gasteiger partial charge >= 0.3 is 29.1 Å². The predicted octanol–water partition coefficient (Wildman–Crippen LogP) is 2.45. The normalized spacial score (nSPS) is 24.0. The van der Waals surface area contributed by atoms with E-state index in [1.54, 1.807) is 0 Å². The molecule has 1 aliphatic carbocycles. The Balaban J connectivity index is 0.000000980. The van der Waals surface area contributed by atoms with Crippen molar-refractivity contribution in [1.82, 2.24) is 4.90 Å². The number of urea groups is 2. The Bertz CT molecular complexity index is 257. The van der Waals surface area contributed by atoms with Gasteiger partial charge in [0, 0.05) is 6.54 Å². The maximum absolute atomic E-state index is 11.0. The molecule has 1 atom stereocenters. The molecule has 0 radical (unpaired) electrons. The van der Waals surface area contributed by atoms with E-state index in [0.717, 1.165) is 24.2 Å². The quantitative estimate of drug-likeness (QED) is 0.558. The summed E-state index contributed by atoms with van der Waals surface area (Å²) >= 11 is 0. The van der Waals surface area contributed by atoms with Gasteiger partial charge in [0.1, 0.15) is 0 Å². The Labute approximate surface area is 99.8 Å². The third-order valence-electron chi connectivity index (χ3n) is 2.38. The van der Waals surface area contributed by atoms with E-state index in [4.69, 9.17) is 0 Å². The molecule has 0 bridgehead atoms. The number of imide groups is 1. The number of carbonyl (C=O) groups is 2. The van der Waals surface area contributed by atoms with Crippen LogP contribution in [0.3, 0.4) is 0 Å². The minimum absolute atomic E-state index is 0. The van der Waals surface area contributed by atoms with E-state index in [9.17, 15) is 9.59 Å². The molecule has 1 heterocycles. The van der Waals surface area contributed by atoms with Gasteiger partial charge in [-0.05, 0) is 0 Å². The Morgan fingerprint density at radius 2 is 1.93 bits per heavy atom. The van der Waals surface area contributed by atoms with Crippen LogP contribution < -0.4 is 0 Å². The van der Waals surface area contributed by atoms with Crippen molar-refractivity contribution in [2.75, 3.05) is 6.54 Å². The molecule has 15 heavy (non-hydrogen) atoms. The molecule has 5 nitrogen and oxygen atoms in total. The second-order valence-electron chi connectivity index (χ2n) is 3.30. The van der Waals surface area contributed by atoms with Crippen LogP contribution in [-0.2, 0) is 17.1 Å². The van der Waals surface area contributed by atoms with Crippen LogP contribution >= 0.6 is 0 Å². The molecule has 0 saturated heterocycles. The summed E-state index contributed by atoms with van der Waals surface area (Å²) < 4.78 is 0. The maximum Gasteiger partial charge on any atom is 2.00 e. The van der Waals surface area contributed by atoms with Crippen molar-refractivity contribution in [3.05, 3.63) is 13.8 Å². The van der Waals surface area contributed by atoms with Gasteiger partial charge in [-0.15, -0.1) is 5.92 Å². The van der Waals surface area contributed by atoms with E-state index in [1.165, 1.54) is 0 Å². The first-order valence-corrected chi connectivity index (χ1v) is 4.38. The zero-order valence-corrected chi connectivity index (χ0v) is 9.60. The summed E-state index contributed by atoms with van der Waals surface area (Å²) in [6.45, 7) is 0.449. The zero-order valence-electron chi connectivity index (χ0n) is 8.49. The Morgan fingerprint density at radius 1 is 1.33 bits per heavy atom. The summed E-state index contributed by atoms with van der Waals surface area (Å²) in [5.74, 6) is 0.344. The summed E-state index contributed by atoms with van der Waals surface area (Å²) in [4.78, 5) is 23.1. The molecule has 2 aliphatic rings. The molecule has 1 unspecified atom stereocenters. The fourth-order valence-corrected chi connectivity index (χ4v) is 1.68. The molecule has 0 N–H and O–H groups in total. The van der Waals surface area contributed by atoms with Crippen molar-refractivity contribution in [1.29, 1.82) is 0 Å². The molecule has 1 saturated carbocycles. The van der Waals surface area contributed by atoms with Crippen molar-refractivity contribution in [3.8, 4) is 0 Å². The summed E-state index contributed by atoms with van der Waals surface area (Å²) in [5.41, 5.74) is 0. The van der Waals surface area contributed by atoms with Crippen molar-refractivity contribution in [2.24, 2.45) is 16.1 Å². The topological polar surface area (TPSA) is 62.1 Å². The molecule has 0 aromatic rings. The molecule has 0 aromatic carbocycles. The van der Waals surface area contributed by atoms with Gasteiger partial charge in [-0.25, -0.2) is 14.5 Å². The number of azo groups is 1. The Morgan fingerprint density at radius 3 is 2.40 bits per heavy atom. The molecular formula is C9H13FeN3O2. The van der Waals surface area contributed by atoms with E-state index in [1.807, 2.05) is 0 Å². The van der Waals surface area contributed by atoms with Gasteiger partial charge < -0.3 is 13.8 Å². The van der Waals surface area contributed by atoms with Gasteiger partial charge in [0.25, 0.3) is 0 Å². The van der Waals surface area contributed by atoms with Crippen LogP contribution in [0.15, 0.2) is 10.2 Å². The largest absolute Gasteiger partial charge is 2.00 e. The van der Waals surface area contributed by atoms with Gasteiger partial charge in [-0.1, -0.05) is 23.1 Å². The van der Waals surface area contributed by atoms with Gasteiger partial charge in [-0.3, -0.25) is 0 Å². The van der Waals surface area contributed by atoms with E-state index >= 15 is 0 Å². The average molecular weight is 251 g/mol. The smallest absolute Gasteiger partial charge is 0.358 e. The first-order chi connectivity index (χ1) is 6.27. The van der Waals surface area contributed by atoms with Gasteiger partial charge in [0.2, 0.25) is 0 Å². The number of hydrogen-bond acceptors (Lipinski definition) is 2. The minimum atomic E-state index is -0.523. The van der Waals surface area contributed by atoms with Crippen LogP contribution in [-0.4, -0.2) is 23.5 Å². The van der Waals surface area contributed by atoms with Crippen molar-refractivity contribution < 1.29 is 26.7 Å². The summed E-state index contributed by atoms with van der Waals surface area (Å²) in [6, 6.07) is -1.05. The number of hydrogen-bond donors (Lipinski definition) is 0. The zero-order chi connectivity index (χ0) is 9.26. The first kappa shape index (κ1) is 14.3. The van der Waals surface area contributed by atoms with E-state index in [0.29, 0.717) is 12.5 Å². The Hall–Kier alpha value is -0.741. The van der Waals surface area contributed by atoms with Crippen LogP contribution in [0.4, 0.5) is 9.59 Å². The first-order valence-electron chi connectivity index (χ1n) is 4.38. The van der Waals surface area contributed by atoms with Crippen molar-refractivity contribution in [3.63, 3.8) is 0 Å². The van der Waals surface area contributed by atoms with Crippen LogP contribution in [0.2, 0.25) is 0 Å². The van der Waals surface area contributed by atoms with Crippen molar-refractivity contribution in [2.45, 2.75) is 19.3 Å². The number of nitrogens with zero attached hydrogens (tertiary/aromatic N) is 3. The van der Waals surface area contributed by atoms with E-state index in [2.05, 4.69) is 16.6 Å². The molecule has 4 amide bonds. The van der Waals surface area contributed by atoms with Gasteiger partial charge in [0.05, 0.1) is 0 Å². The second kappa shape index (κ2) is 5.98. The molecule has 6 heteroatoms. The summed E-state index contributed by atoms with van der Waals surface area (Å²) in [6.07, 6.45) is 5.43. The minimum Gasteiger partial charge on any atom is -0.358 e. The van der Waals surface area contributed by atoms with Crippen molar-refractivity contribution >= 4 is 12.1 Å². The fourth-order valence-electron chi connectivity index (χ4n) is 1.68. The van der Waals surface area contributed by atoms with Crippen LogP contribution in [0.1, 0.15) is 19.3 Å². The Kier molecular flexibility index (Phi) is 5.68. The number of amides is 4. The van der Waals surface area contributed by atoms with E-state index in [-0.39, 0.29) is 24.5 Å². The maximum atomic E-state index is 11.0. The van der Waals surface area contributed by atoms with Crippen LogP contribution in [0.5, 0.6) is 0 Å². The third kappa shape index (κ3) is 3.11.